The van der Waals surface area contributed by atoms with Gasteiger partial charge in [-0.15, -0.1) is 0 Å². The number of carbonyl (C=O) groups excluding carboxylic acids is 2. The number of carboxylic acid groups (broad SMARTS) is 1. The highest BCUT2D eigenvalue weighted by Gasteiger charge is 2.47. The molecule has 2 aromatic rings. The van der Waals surface area contributed by atoms with Gasteiger partial charge in [0.1, 0.15) is 12.6 Å². The van der Waals surface area contributed by atoms with Crippen molar-refractivity contribution >= 4 is 18.0 Å². The topological polar surface area (TPSA) is 114 Å². The van der Waals surface area contributed by atoms with E-state index in [1.807, 2.05) is 50.2 Å². The maximum atomic E-state index is 13.1. The van der Waals surface area contributed by atoms with Gasteiger partial charge in [-0.3, -0.25) is 9.59 Å². The third-order valence-electron chi connectivity index (χ3n) is 6.93. The SMILES string of the molecule is COC(C)(C)CC(NC(=O)OCC1c2ccccc2-c2ccccc21)C(=O)NC1(CC(=O)O)CC1. The van der Waals surface area contributed by atoms with Crippen LogP contribution in [0.25, 0.3) is 11.1 Å². The Kier molecular flexibility index (Phi) is 6.85. The van der Waals surface area contributed by atoms with Gasteiger partial charge in [0.15, 0.2) is 0 Å². The smallest absolute Gasteiger partial charge is 0.407 e. The van der Waals surface area contributed by atoms with Crippen molar-refractivity contribution in [3.05, 3.63) is 59.7 Å². The van der Waals surface area contributed by atoms with Gasteiger partial charge in [0.2, 0.25) is 5.91 Å². The second-order valence-corrected chi connectivity index (χ2v) is 10.0. The van der Waals surface area contributed by atoms with Crippen LogP contribution in [0.1, 0.15) is 56.6 Å². The number of carbonyl (C=O) groups is 3. The standard InChI is InChI=1S/C27H32N2O6/c1-26(2,34-3)14-22(24(32)29-27(12-13-27)15-23(30)31)28-25(33)35-16-21-19-10-6-4-8-17(19)18-9-5-7-11-20(18)21/h4-11,21-22H,12-16H2,1-3H3,(H,28,33)(H,29,32)(H,30,31). The van der Waals surface area contributed by atoms with Crippen molar-refractivity contribution < 1.29 is 29.0 Å². The minimum atomic E-state index is -0.971. The number of alkyl carbamates (subject to hydrolysis) is 1. The number of methoxy groups -OCH3 is 1. The van der Waals surface area contributed by atoms with E-state index in [9.17, 15) is 14.4 Å². The second-order valence-electron chi connectivity index (χ2n) is 10.0. The van der Waals surface area contributed by atoms with E-state index in [4.69, 9.17) is 14.6 Å². The van der Waals surface area contributed by atoms with Crippen LogP contribution in [0.15, 0.2) is 48.5 Å². The summed E-state index contributed by atoms with van der Waals surface area (Å²) in [5.41, 5.74) is 3.01. The number of ether oxygens (including phenoxy) is 2. The normalized spacial score (nSPS) is 16.5. The van der Waals surface area contributed by atoms with E-state index in [0.717, 1.165) is 22.3 Å². The molecule has 0 saturated heterocycles. The molecule has 0 radical (unpaired) electrons. The lowest BCUT2D eigenvalue weighted by atomic mass is 9.97. The van der Waals surface area contributed by atoms with Crippen LogP contribution >= 0.6 is 0 Å². The Balaban J connectivity index is 1.44. The molecule has 2 aromatic carbocycles. The molecule has 2 aliphatic carbocycles. The van der Waals surface area contributed by atoms with Gasteiger partial charge in [-0.2, -0.15) is 0 Å². The highest BCUT2D eigenvalue weighted by atomic mass is 16.5. The molecular weight excluding hydrogens is 448 g/mol. The first-order valence-corrected chi connectivity index (χ1v) is 11.8. The number of carboxylic acids is 1. The summed E-state index contributed by atoms with van der Waals surface area (Å²) in [5, 5.41) is 14.7. The fraction of sp³-hybridized carbons (Fsp3) is 0.444. The molecule has 3 N–H and O–H groups in total. The number of nitrogens with one attached hydrogen (secondary N) is 2. The van der Waals surface area contributed by atoms with Gasteiger partial charge in [-0.05, 0) is 48.9 Å². The van der Waals surface area contributed by atoms with Gasteiger partial charge in [-0.25, -0.2) is 4.79 Å². The summed E-state index contributed by atoms with van der Waals surface area (Å²) in [5.74, 6) is -1.51. The average molecular weight is 481 g/mol. The van der Waals surface area contributed by atoms with E-state index in [2.05, 4.69) is 22.8 Å². The monoisotopic (exact) mass is 480 g/mol. The Morgan fingerprint density at radius 2 is 1.63 bits per heavy atom. The molecule has 1 fully saturated rings. The van der Waals surface area contributed by atoms with Crippen LogP contribution < -0.4 is 10.6 Å². The predicted molar refractivity (Wildman–Crippen MR) is 130 cm³/mol. The highest BCUT2D eigenvalue weighted by Crippen LogP contribution is 2.44. The second kappa shape index (κ2) is 9.70. The Hall–Kier alpha value is -3.39. The van der Waals surface area contributed by atoms with Gasteiger partial charge in [0.05, 0.1) is 17.6 Å². The van der Waals surface area contributed by atoms with Crippen LogP contribution in [0.2, 0.25) is 0 Å². The predicted octanol–water partition coefficient (Wildman–Crippen LogP) is 3.83. The van der Waals surface area contributed by atoms with Crippen molar-refractivity contribution in [3.63, 3.8) is 0 Å². The summed E-state index contributed by atoms with van der Waals surface area (Å²) >= 11 is 0. The van der Waals surface area contributed by atoms with Crippen LogP contribution in [-0.2, 0) is 19.1 Å². The molecular formula is C27H32N2O6. The molecule has 2 amide bonds. The molecule has 4 rings (SSSR count). The number of rotatable bonds is 10. The molecule has 0 heterocycles. The lowest BCUT2D eigenvalue weighted by Crippen LogP contribution is -2.53. The Morgan fingerprint density at radius 3 is 2.14 bits per heavy atom. The van der Waals surface area contributed by atoms with Crippen LogP contribution in [0.4, 0.5) is 4.79 Å². The largest absolute Gasteiger partial charge is 0.481 e. The molecule has 0 aliphatic heterocycles. The van der Waals surface area contributed by atoms with Crippen molar-refractivity contribution in [1.82, 2.24) is 10.6 Å². The Bertz CT molecular complexity index is 1080. The molecule has 8 heteroatoms. The van der Waals surface area contributed by atoms with Gasteiger partial charge >= 0.3 is 12.1 Å². The van der Waals surface area contributed by atoms with E-state index in [1.54, 1.807) is 0 Å². The van der Waals surface area contributed by atoms with Crippen molar-refractivity contribution in [2.24, 2.45) is 0 Å². The van der Waals surface area contributed by atoms with E-state index in [0.29, 0.717) is 12.8 Å². The maximum absolute atomic E-state index is 13.1. The summed E-state index contributed by atoms with van der Waals surface area (Å²) in [4.78, 5) is 37.1. The Morgan fingerprint density at radius 1 is 1.06 bits per heavy atom. The van der Waals surface area contributed by atoms with Crippen LogP contribution in [0.5, 0.6) is 0 Å². The lowest BCUT2D eigenvalue weighted by molar-refractivity contribution is -0.138. The van der Waals surface area contributed by atoms with Crippen LogP contribution in [0.3, 0.4) is 0 Å². The van der Waals surface area contributed by atoms with Gasteiger partial charge in [-0.1, -0.05) is 48.5 Å². The first-order chi connectivity index (χ1) is 16.6. The lowest BCUT2D eigenvalue weighted by Gasteiger charge is -2.29. The number of hydrogen-bond donors (Lipinski definition) is 3. The minimum Gasteiger partial charge on any atom is -0.481 e. The molecule has 1 atom stereocenters. The van der Waals surface area contributed by atoms with E-state index < -0.39 is 35.2 Å². The van der Waals surface area contributed by atoms with E-state index in [1.165, 1.54) is 7.11 Å². The summed E-state index contributed by atoms with van der Waals surface area (Å²) in [7, 11) is 1.54. The zero-order chi connectivity index (χ0) is 25.2. The fourth-order valence-corrected chi connectivity index (χ4v) is 4.70. The fourth-order valence-electron chi connectivity index (χ4n) is 4.70. The zero-order valence-electron chi connectivity index (χ0n) is 20.3. The molecule has 8 nitrogen and oxygen atoms in total. The average Bonchev–Trinajstić information content (AvgIpc) is 3.48. The molecule has 2 aliphatic rings. The molecule has 1 unspecified atom stereocenters. The first kappa shape index (κ1) is 24.7. The number of hydrogen-bond acceptors (Lipinski definition) is 5. The first-order valence-electron chi connectivity index (χ1n) is 11.8. The molecule has 1 saturated carbocycles. The summed E-state index contributed by atoms with van der Waals surface area (Å²) in [6.07, 6.45) is 0.529. The van der Waals surface area contributed by atoms with E-state index >= 15 is 0 Å². The molecule has 186 valence electrons. The Labute approximate surface area is 205 Å². The van der Waals surface area contributed by atoms with Crippen molar-refractivity contribution in [2.75, 3.05) is 13.7 Å². The van der Waals surface area contributed by atoms with Gasteiger partial charge < -0.3 is 25.2 Å². The third-order valence-corrected chi connectivity index (χ3v) is 6.93. The number of aliphatic carboxylic acids is 1. The maximum Gasteiger partial charge on any atom is 0.407 e. The molecule has 0 bridgehead atoms. The summed E-state index contributed by atoms with van der Waals surface area (Å²) < 4.78 is 11.1. The van der Waals surface area contributed by atoms with Crippen molar-refractivity contribution in [3.8, 4) is 11.1 Å². The number of benzene rings is 2. The minimum absolute atomic E-state index is 0.0962. The van der Waals surface area contributed by atoms with E-state index in [-0.39, 0.29) is 25.4 Å². The molecule has 0 spiro atoms. The van der Waals surface area contributed by atoms with Crippen LogP contribution in [0, 0.1) is 0 Å². The molecule has 35 heavy (non-hydrogen) atoms. The number of fused-ring (bicyclic) bond motifs is 3. The van der Waals surface area contributed by atoms with Gasteiger partial charge in [0, 0.05) is 19.4 Å². The van der Waals surface area contributed by atoms with Crippen molar-refractivity contribution in [2.45, 2.75) is 62.6 Å². The quantitative estimate of drug-likeness (QED) is 0.476. The third kappa shape index (κ3) is 5.65. The highest BCUT2D eigenvalue weighted by molar-refractivity contribution is 5.87. The van der Waals surface area contributed by atoms with Crippen LogP contribution in [-0.4, -0.2) is 54.0 Å². The summed E-state index contributed by atoms with van der Waals surface area (Å²) in [6, 6.07) is 15.2. The number of amides is 2. The van der Waals surface area contributed by atoms with Crippen molar-refractivity contribution in [1.29, 1.82) is 0 Å². The molecule has 0 aromatic heterocycles. The van der Waals surface area contributed by atoms with Gasteiger partial charge in [0.25, 0.3) is 0 Å². The zero-order valence-corrected chi connectivity index (χ0v) is 20.3. The summed E-state index contributed by atoms with van der Waals surface area (Å²) in [6.45, 7) is 3.76.